The molecule has 17 nitrogen and oxygen atoms in total. The van der Waals surface area contributed by atoms with E-state index >= 15 is 0 Å². The fraction of sp³-hybridized carbons (Fsp3) is 0.610. The van der Waals surface area contributed by atoms with Crippen LogP contribution in [0.2, 0.25) is 0 Å². The summed E-state index contributed by atoms with van der Waals surface area (Å²) in [7, 11) is -4.31. The summed E-state index contributed by atoms with van der Waals surface area (Å²) in [5, 5.41) is 6.67. The second-order valence-corrected chi connectivity index (χ2v) is 20.0. The minimum atomic E-state index is -4.31. The molecular weight excluding hydrogens is 823 g/mol. The fourth-order valence-electron chi connectivity index (χ4n) is 7.22. The molecule has 3 aliphatic rings. The number of phosphoric ester groups is 1. The molecule has 1 N–H and O–H groups in total. The first-order chi connectivity index (χ1) is 28.1. The number of fused-ring (bicyclic) bond motifs is 5. The summed E-state index contributed by atoms with van der Waals surface area (Å²) in [6.07, 6.45) is 1.11. The van der Waals surface area contributed by atoms with Gasteiger partial charge in [0.15, 0.2) is 11.3 Å². The number of hydrogen-bond acceptors (Lipinski definition) is 13. The van der Waals surface area contributed by atoms with E-state index in [9.17, 15) is 37.3 Å². The molecular formula is C41H56F2N5O12P. The van der Waals surface area contributed by atoms with Gasteiger partial charge in [0.1, 0.15) is 29.3 Å². The van der Waals surface area contributed by atoms with Crippen molar-refractivity contribution in [2.24, 2.45) is 5.16 Å². The molecule has 336 valence electrons. The smallest absolute Gasteiger partial charge is 0.459 e. The van der Waals surface area contributed by atoms with Gasteiger partial charge in [-0.05, 0) is 95.1 Å². The van der Waals surface area contributed by atoms with Crippen LogP contribution in [0, 0.1) is 11.6 Å². The Labute approximate surface area is 353 Å². The van der Waals surface area contributed by atoms with E-state index in [1.807, 2.05) is 6.92 Å². The van der Waals surface area contributed by atoms with Crippen molar-refractivity contribution in [2.45, 2.75) is 136 Å². The second-order valence-electron chi connectivity index (χ2n) is 18.5. The normalized spacial score (nSPS) is 20.4. The van der Waals surface area contributed by atoms with Crippen LogP contribution in [0.25, 0.3) is 0 Å². The third-order valence-corrected chi connectivity index (χ3v) is 11.7. The Morgan fingerprint density at radius 1 is 1.03 bits per heavy atom. The van der Waals surface area contributed by atoms with E-state index in [4.69, 9.17) is 27.9 Å². The quantitative estimate of drug-likeness (QED) is 0.176. The summed E-state index contributed by atoms with van der Waals surface area (Å²) in [6.45, 7) is 16.1. The molecule has 2 bridgehead atoms. The maximum atomic E-state index is 14.6. The number of benzene rings is 1. The molecule has 4 heterocycles. The van der Waals surface area contributed by atoms with Crippen molar-refractivity contribution in [1.29, 1.82) is 0 Å². The molecule has 1 aromatic heterocycles. The number of aromatic nitrogens is 1. The van der Waals surface area contributed by atoms with Crippen LogP contribution < -0.4 is 15.5 Å². The number of phosphoric acid groups is 1. The Bertz CT molecular complexity index is 2170. The van der Waals surface area contributed by atoms with E-state index in [0.29, 0.717) is 31.0 Å². The maximum absolute atomic E-state index is 14.6. The summed E-state index contributed by atoms with van der Waals surface area (Å²) in [5.74, 6) is -5.20. The highest BCUT2D eigenvalue weighted by atomic mass is 31.2. The van der Waals surface area contributed by atoms with Gasteiger partial charge >= 0.3 is 19.9 Å². The van der Waals surface area contributed by atoms with Crippen LogP contribution in [-0.2, 0) is 39.1 Å². The van der Waals surface area contributed by atoms with Crippen molar-refractivity contribution < 1.29 is 60.4 Å². The number of esters is 1. The number of rotatable bonds is 12. The van der Waals surface area contributed by atoms with Crippen molar-refractivity contribution in [1.82, 2.24) is 19.7 Å². The Morgan fingerprint density at radius 3 is 2.26 bits per heavy atom. The summed E-state index contributed by atoms with van der Waals surface area (Å²) >= 11 is 0. The molecule has 1 saturated heterocycles. The molecule has 1 fully saturated rings. The average Bonchev–Trinajstić information content (AvgIpc) is 3.43. The van der Waals surface area contributed by atoms with Gasteiger partial charge in [-0.2, -0.15) is 0 Å². The number of carbonyl (C=O) groups excluding carboxylic acids is 4. The summed E-state index contributed by atoms with van der Waals surface area (Å²) < 4.78 is 71.7. The van der Waals surface area contributed by atoms with Gasteiger partial charge in [0.2, 0.25) is 11.2 Å². The minimum Gasteiger partial charge on any atom is -0.459 e. The highest BCUT2D eigenvalue weighted by molar-refractivity contribution is 7.48. The van der Waals surface area contributed by atoms with Gasteiger partial charge in [-0.15, -0.1) is 0 Å². The van der Waals surface area contributed by atoms with Gasteiger partial charge in [-0.3, -0.25) is 37.6 Å². The van der Waals surface area contributed by atoms with Crippen LogP contribution in [-0.4, -0.2) is 98.6 Å². The Morgan fingerprint density at radius 2 is 1.69 bits per heavy atom. The molecule has 0 saturated carbocycles. The zero-order valence-corrected chi connectivity index (χ0v) is 37.4. The van der Waals surface area contributed by atoms with Crippen LogP contribution in [0.3, 0.4) is 0 Å². The van der Waals surface area contributed by atoms with Gasteiger partial charge in [0.05, 0.1) is 29.6 Å². The minimum absolute atomic E-state index is 0.0840. The maximum Gasteiger partial charge on any atom is 0.475 e. The van der Waals surface area contributed by atoms with Gasteiger partial charge < -0.3 is 29.1 Å². The monoisotopic (exact) mass is 879 g/mol. The second kappa shape index (κ2) is 17.6. The lowest BCUT2D eigenvalue weighted by Crippen LogP contribution is -2.53. The fourth-order valence-corrected chi connectivity index (χ4v) is 9.01. The predicted octanol–water partition coefficient (Wildman–Crippen LogP) is 6.67. The van der Waals surface area contributed by atoms with Crippen molar-refractivity contribution in [3.05, 3.63) is 63.1 Å². The molecule has 1 aromatic carbocycles. The lowest BCUT2D eigenvalue weighted by molar-refractivity contribution is -0.155. The Balaban J connectivity index is 1.58. The van der Waals surface area contributed by atoms with E-state index < -0.39 is 115 Å². The molecule has 20 heteroatoms. The number of amides is 3. The number of halogens is 2. The van der Waals surface area contributed by atoms with Crippen LogP contribution in [0.15, 0.2) is 34.3 Å². The molecule has 0 radical (unpaired) electrons. The summed E-state index contributed by atoms with van der Waals surface area (Å²) in [5.41, 5.74) is -5.53. The first-order valence-corrected chi connectivity index (χ1v) is 21.4. The Kier molecular flexibility index (Phi) is 13.6. The Hall–Kier alpha value is -4.71. The van der Waals surface area contributed by atoms with Gasteiger partial charge in [-0.1, -0.05) is 11.2 Å². The predicted molar refractivity (Wildman–Crippen MR) is 217 cm³/mol. The van der Waals surface area contributed by atoms with Crippen molar-refractivity contribution >= 4 is 37.4 Å². The SMILES string of the molecule is CC1=NO[C@@]2(CC[C@H](C)N3C[C@H]2n2cc(C(=O)NCc4ccc(F)cc4F)c(=O)c(OC(=O)N(CCOP(=O)(OC(C)(C)C)OC(C)(C)C)CC(=O)OC(C)(C)C)c2C3=O)C1. The first kappa shape index (κ1) is 47.3. The molecule has 61 heavy (non-hydrogen) atoms. The van der Waals surface area contributed by atoms with E-state index in [2.05, 4.69) is 10.5 Å². The zero-order chi connectivity index (χ0) is 45.5. The number of carbonyl (C=O) groups is 4. The molecule has 0 unspecified atom stereocenters. The van der Waals surface area contributed by atoms with E-state index in [1.165, 1.54) is 15.7 Å². The highest BCUT2D eigenvalue weighted by Crippen LogP contribution is 2.55. The van der Waals surface area contributed by atoms with Gasteiger partial charge in [0, 0.05) is 49.9 Å². The molecule has 1 spiro atoms. The topological polar surface area (TPSA) is 194 Å². The zero-order valence-electron chi connectivity index (χ0n) is 36.5. The van der Waals surface area contributed by atoms with Crippen molar-refractivity contribution in [2.75, 3.05) is 26.2 Å². The highest BCUT2D eigenvalue weighted by Gasteiger charge is 2.54. The number of oxime groups is 1. The van der Waals surface area contributed by atoms with E-state index in [1.54, 1.807) is 69.2 Å². The van der Waals surface area contributed by atoms with Gasteiger partial charge in [0.25, 0.3) is 11.8 Å². The first-order valence-electron chi connectivity index (χ1n) is 20.0. The molecule has 5 rings (SSSR count). The third kappa shape index (κ3) is 11.6. The molecule has 3 amide bonds. The third-order valence-electron chi connectivity index (χ3n) is 9.69. The average molecular weight is 880 g/mol. The lowest BCUT2D eigenvalue weighted by Gasteiger charge is -2.42. The van der Waals surface area contributed by atoms with Crippen LogP contribution in [0.4, 0.5) is 13.6 Å². The van der Waals surface area contributed by atoms with Crippen LogP contribution in [0.1, 0.15) is 128 Å². The number of nitrogens with one attached hydrogen (secondary N) is 1. The van der Waals surface area contributed by atoms with Crippen LogP contribution in [0.5, 0.6) is 5.75 Å². The van der Waals surface area contributed by atoms with E-state index in [-0.39, 0.29) is 23.8 Å². The molecule has 0 aliphatic carbocycles. The number of nitrogens with zero attached hydrogens (tertiary/aromatic N) is 4. The molecule has 3 aliphatic heterocycles. The summed E-state index contributed by atoms with van der Waals surface area (Å²) in [4.78, 5) is 78.8. The van der Waals surface area contributed by atoms with Crippen molar-refractivity contribution in [3.8, 4) is 5.75 Å². The number of hydrogen-bond donors (Lipinski definition) is 1. The standard InChI is InChI=1S/C41H56F2N5O12P/c1-24-19-41(58-45-24)15-14-25(2)47-22-30(41)48-21-28(35(51)44-20-26-12-13-27(42)18-29(26)43)33(50)34(32(48)36(47)52)56-37(53)46(23-31(49)57-38(3,4)5)16-17-55-61(54,59-39(6,7)8)60-40(9,10)11/h12-13,18,21,25,30H,14-17,19-20,22-23H2,1-11H3,(H,44,51)/t25-,30+,41-/m0/s1. The van der Waals surface area contributed by atoms with Gasteiger partial charge in [-0.25, -0.2) is 18.1 Å². The van der Waals surface area contributed by atoms with Crippen LogP contribution >= 0.6 is 7.82 Å². The molecule has 3 atom stereocenters. The molecule has 2 aromatic rings. The summed E-state index contributed by atoms with van der Waals surface area (Å²) in [6, 6.07) is 1.67. The largest absolute Gasteiger partial charge is 0.475 e. The number of ether oxygens (including phenoxy) is 2. The van der Waals surface area contributed by atoms with Crippen molar-refractivity contribution in [3.63, 3.8) is 0 Å². The van der Waals surface area contributed by atoms with E-state index in [0.717, 1.165) is 17.0 Å². The lowest BCUT2D eigenvalue weighted by atomic mass is 9.84. The number of pyridine rings is 1.